The van der Waals surface area contributed by atoms with Gasteiger partial charge in [-0.2, -0.15) is 0 Å². The summed E-state index contributed by atoms with van der Waals surface area (Å²) in [7, 11) is 0. The lowest BCUT2D eigenvalue weighted by Crippen LogP contribution is -2.19. The van der Waals surface area contributed by atoms with Crippen molar-refractivity contribution in [3.8, 4) is 0 Å². The molecule has 0 fully saturated rings. The summed E-state index contributed by atoms with van der Waals surface area (Å²) in [6.07, 6.45) is 2.09. The van der Waals surface area contributed by atoms with Crippen molar-refractivity contribution in [2.75, 3.05) is 11.4 Å². The largest absolute Gasteiger partial charge is 0.339 e. The van der Waals surface area contributed by atoms with E-state index in [-0.39, 0.29) is 5.82 Å². The van der Waals surface area contributed by atoms with Crippen LogP contribution >= 0.6 is 11.6 Å². The first-order chi connectivity index (χ1) is 9.76. The zero-order valence-electron chi connectivity index (χ0n) is 11.7. The van der Waals surface area contributed by atoms with Crippen LogP contribution in [0.1, 0.15) is 25.3 Å². The first-order valence-corrected chi connectivity index (χ1v) is 7.46. The van der Waals surface area contributed by atoms with Crippen molar-refractivity contribution in [2.24, 2.45) is 0 Å². The molecule has 20 heavy (non-hydrogen) atoms. The monoisotopic (exact) mass is 291 g/mol. The summed E-state index contributed by atoms with van der Waals surface area (Å²) in [5.41, 5.74) is 2.42. The highest BCUT2D eigenvalue weighted by molar-refractivity contribution is 6.17. The number of alkyl halides is 1. The van der Waals surface area contributed by atoms with Crippen molar-refractivity contribution in [3.05, 3.63) is 59.9 Å². The first kappa shape index (κ1) is 14.9. The van der Waals surface area contributed by atoms with E-state index in [0.717, 1.165) is 30.6 Å². The van der Waals surface area contributed by atoms with E-state index in [0.29, 0.717) is 11.6 Å². The lowest BCUT2D eigenvalue weighted by atomic mass is 10.1. The number of anilines is 2. The predicted octanol–water partition coefficient (Wildman–Crippen LogP) is 5.50. The number of halogens is 2. The number of hydrogen-bond donors (Lipinski definition) is 0. The molecule has 1 nitrogen and oxygen atoms in total. The molecule has 0 bridgehead atoms. The molecule has 0 amide bonds. The Labute approximate surface area is 125 Å². The third-order valence-corrected chi connectivity index (χ3v) is 3.57. The van der Waals surface area contributed by atoms with Crippen LogP contribution in [0.5, 0.6) is 0 Å². The van der Waals surface area contributed by atoms with Crippen LogP contribution in [0.15, 0.2) is 48.5 Å². The Morgan fingerprint density at radius 1 is 1.10 bits per heavy atom. The molecule has 0 radical (unpaired) electrons. The van der Waals surface area contributed by atoms with Crippen LogP contribution in [0.3, 0.4) is 0 Å². The second-order valence-electron chi connectivity index (χ2n) is 4.76. The van der Waals surface area contributed by atoms with Crippen LogP contribution in [0.4, 0.5) is 15.8 Å². The van der Waals surface area contributed by atoms with Gasteiger partial charge in [0, 0.05) is 18.1 Å². The minimum atomic E-state index is -0.219. The van der Waals surface area contributed by atoms with Crippen molar-refractivity contribution in [1.29, 1.82) is 0 Å². The van der Waals surface area contributed by atoms with E-state index < -0.39 is 0 Å². The number of unbranched alkanes of at least 4 members (excludes halogenated alkanes) is 1. The van der Waals surface area contributed by atoms with Crippen molar-refractivity contribution >= 4 is 23.0 Å². The van der Waals surface area contributed by atoms with Gasteiger partial charge in [0.1, 0.15) is 5.82 Å². The minimum Gasteiger partial charge on any atom is -0.339 e. The zero-order chi connectivity index (χ0) is 14.4. The molecular weight excluding hydrogens is 273 g/mol. The Bertz CT molecular complexity index is 542. The van der Waals surface area contributed by atoms with Crippen molar-refractivity contribution in [2.45, 2.75) is 25.6 Å². The molecule has 0 atom stereocenters. The van der Waals surface area contributed by atoms with Gasteiger partial charge in [-0.05, 0) is 36.2 Å². The molecule has 0 saturated carbocycles. The molecule has 0 spiro atoms. The Morgan fingerprint density at radius 2 is 1.85 bits per heavy atom. The van der Waals surface area contributed by atoms with Crippen molar-refractivity contribution in [3.63, 3.8) is 0 Å². The van der Waals surface area contributed by atoms with Crippen molar-refractivity contribution < 1.29 is 4.39 Å². The van der Waals surface area contributed by atoms with Gasteiger partial charge in [-0.1, -0.05) is 37.6 Å². The highest BCUT2D eigenvalue weighted by atomic mass is 35.5. The summed E-state index contributed by atoms with van der Waals surface area (Å²) in [6.45, 7) is 2.94. The van der Waals surface area contributed by atoms with Crippen LogP contribution in [0, 0.1) is 5.82 Å². The number of hydrogen-bond acceptors (Lipinski definition) is 1. The quantitative estimate of drug-likeness (QED) is 0.635. The Balaban J connectivity index is 2.36. The zero-order valence-corrected chi connectivity index (χ0v) is 12.4. The van der Waals surface area contributed by atoms with Crippen LogP contribution in [0.2, 0.25) is 0 Å². The maximum absolute atomic E-state index is 14.3. The van der Waals surface area contributed by atoms with Crippen molar-refractivity contribution in [1.82, 2.24) is 0 Å². The molecule has 2 aromatic rings. The lowest BCUT2D eigenvalue weighted by Gasteiger charge is -2.25. The van der Waals surface area contributed by atoms with Crippen LogP contribution in [-0.2, 0) is 5.88 Å². The van der Waals surface area contributed by atoms with Gasteiger partial charge in [-0.25, -0.2) is 4.39 Å². The molecule has 0 heterocycles. The molecule has 2 rings (SSSR count). The molecule has 0 aliphatic carbocycles. The van der Waals surface area contributed by atoms with E-state index in [1.165, 1.54) is 6.07 Å². The van der Waals surface area contributed by atoms with E-state index in [1.54, 1.807) is 0 Å². The maximum Gasteiger partial charge on any atom is 0.147 e. The number of benzene rings is 2. The second kappa shape index (κ2) is 7.30. The van der Waals surface area contributed by atoms with Gasteiger partial charge in [-0.3, -0.25) is 0 Å². The van der Waals surface area contributed by atoms with Gasteiger partial charge in [0.05, 0.1) is 5.69 Å². The Kier molecular flexibility index (Phi) is 5.42. The minimum absolute atomic E-state index is 0.219. The van der Waals surface area contributed by atoms with Gasteiger partial charge in [0.2, 0.25) is 0 Å². The molecular formula is C17H19ClFN. The highest BCUT2D eigenvalue weighted by Crippen LogP contribution is 2.29. The summed E-state index contributed by atoms with van der Waals surface area (Å²) in [5.74, 6) is 0.112. The topological polar surface area (TPSA) is 3.24 Å². The average Bonchev–Trinajstić information content (AvgIpc) is 2.50. The summed E-state index contributed by atoms with van der Waals surface area (Å²) in [5, 5.41) is 0. The van der Waals surface area contributed by atoms with Crippen LogP contribution in [-0.4, -0.2) is 6.54 Å². The summed E-state index contributed by atoms with van der Waals surface area (Å²) in [4.78, 5) is 2.02. The third-order valence-electron chi connectivity index (χ3n) is 3.26. The maximum atomic E-state index is 14.3. The summed E-state index contributed by atoms with van der Waals surface area (Å²) < 4.78 is 14.3. The van der Waals surface area contributed by atoms with Crippen LogP contribution < -0.4 is 4.90 Å². The van der Waals surface area contributed by atoms with Gasteiger partial charge >= 0.3 is 0 Å². The second-order valence-corrected chi connectivity index (χ2v) is 5.03. The molecule has 0 N–H and O–H groups in total. The number of para-hydroxylation sites is 1. The standard InChI is InChI=1S/C17H19ClFN/c1-2-3-11-20(15-7-5-4-6-8-15)17-10-9-14(13-18)12-16(17)19/h4-10,12H,2-3,11,13H2,1H3. The smallest absolute Gasteiger partial charge is 0.147 e. The molecule has 0 saturated heterocycles. The highest BCUT2D eigenvalue weighted by Gasteiger charge is 2.13. The lowest BCUT2D eigenvalue weighted by molar-refractivity contribution is 0.621. The van der Waals surface area contributed by atoms with Crippen LogP contribution in [0.25, 0.3) is 0 Å². The van der Waals surface area contributed by atoms with Gasteiger partial charge in [0.25, 0.3) is 0 Å². The summed E-state index contributed by atoms with van der Waals surface area (Å²) >= 11 is 5.75. The van der Waals surface area contributed by atoms with E-state index in [1.807, 2.05) is 47.4 Å². The normalized spacial score (nSPS) is 10.6. The number of rotatable bonds is 6. The SMILES string of the molecule is CCCCN(c1ccccc1)c1ccc(CCl)cc1F. The fourth-order valence-corrected chi connectivity index (χ4v) is 2.33. The predicted molar refractivity (Wildman–Crippen MR) is 84.3 cm³/mol. The first-order valence-electron chi connectivity index (χ1n) is 6.93. The molecule has 2 aromatic carbocycles. The van der Waals surface area contributed by atoms with E-state index in [2.05, 4.69) is 6.92 Å². The molecule has 0 aromatic heterocycles. The third kappa shape index (κ3) is 3.51. The molecule has 0 aliphatic rings. The molecule has 0 aliphatic heterocycles. The average molecular weight is 292 g/mol. The van der Waals surface area contributed by atoms with Gasteiger partial charge in [0.15, 0.2) is 0 Å². The number of nitrogens with zero attached hydrogens (tertiary/aromatic N) is 1. The molecule has 0 unspecified atom stereocenters. The van der Waals surface area contributed by atoms with E-state index in [9.17, 15) is 4.39 Å². The molecule has 106 valence electrons. The van der Waals surface area contributed by atoms with E-state index in [4.69, 9.17) is 11.6 Å². The van der Waals surface area contributed by atoms with Gasteiger partial charge in [-0.15, -0.1) is 11.6 Å². The Morgan fingerprint density at radius 3 is 2.45 bits per heavy atom. The van der Waals surface area contributed by atoms with Gasteiger partial charge < -0.3 is 4.90 Å². The fourth-order valence-electron chi connectivity index (χ4n) is 2.17. The molecule has 3 heteroatoms. The fraction of sp³-hybridized carbons (Fsp3) is 0.294. The Hall–Kier alpha value is -1.54. The van der Waals surface area contributed by atoms with E-state index >= 15 is 0 Å². The summed E-state index contributed by atoms with van der Waals surface area (Å²) in [6, 6.07) is 15.1.